The van der Waals surface area contributed by atoms with Crippen molar-refractivity contribution >= 4 is 34.6 Å². The van der Waals surface area contributed by atoms with Crippen LogP contribution in [0.3, 0.4) is 0 Å². The fourth-order valence-electron chi connectivity index (χ4n) is 2.67. The van der Waals surface area contributed by atoms with Gasteiger partial charge in [-0.25, -0.2) is 4.98 Å². The molecule has 0 atom stereocenters. The number of rotatable bonds is 3. The Morgan fingerprint density at radius 1 is 1.22 bits per heavy atom. The van der Waals surface area contributed by atoms with E-state index in [0.29, 0.717) is 28.3 Å². The Balaban J connectivity index is 2.53. The molecule has 23 heavy (non-hydrogen) atoms. The maximum atomic E-state index is 12.9. The molecular weight excluding hydrogens is 314 g/mol. The van der Waals surface area contributed by atoms with Crippen LogP contribution >= 0.6 is 11.6 Å². The quantitative estimate of drug-likeness (QED) is 0.694. The largest absolute Gasteiger partial charge is 0.376 e. The van der Waals surface area contributed by atoms with E-state index in [4.69, 9.17) is 11.6 Å². The van der Waals surface area contributed by atoms with E-state index in [-0.39, 0.29) is 5.56 Å². The summed E-state index contributed by atoms with van der Waals surface area (Å²) in [4.78, 5) is 30.5. The SMILES string of the molecule is CN(C)c1c(C=O)c(=O)n(-c2cccc(Cl)c2)c2ncccc12. The van der Waals surface area contributed by atoms with E-state index in [1.807, 2.05) is 6.07 Å². The summed E-state index contributed by atoms with van der Waals surface area (Å²) in [7, 11) is 3.58. The Hall–Kier alpha value is -2.66. The van der Waals surface area contributed by atoms with Crippen LogP contribution in [0, 0.1) is 0 Å². The van der Waals surface area contributed by atoms with Crippen LogP contribution in [-0.4, -0.2) is 29.9 Å². The van der Waals surface area contributed by atoms with Crippen LogP contribution in [0.15, 0.2) is 47.4 Å². The molecule has 0 bridgehead atoms. The number of carbonyl (C=O) groups excluding carboxylic acids is 1. The van der Waals surface area contributed by atoms with Crippen LogP contribution in [0.1, 0.15) is 10.4 Å². The van der Waals surface area contributed by atoms with Crippen LogP contribution in [0.5, 0.6) is 0 Å². The summed E-state index contributed by atoms with van der Waals surface area (Å²) in [6.45, 7) is 0. The number of hydrogen-bond acceptors (Lipinski definition) is 4. The summed E-state index contributed by atoms with van der Waals surface area (Å²) in [5, 5.41) is 1.22. The van der Waals surface area contributed by atoms with Gasteiger partial charge in [0.1, 0.15) is 11.2 Å². The van der Waals surface area contributed by atoms with Gasteiger partial charge in [-0.15, -0.1) is 0 Å². The molecule has 0 unspecified atom stereocenters. The Morgan fingerprint density at radius 2 is 2.00 bits per heavy atom. The normalized spacial score (nSPS) is 10.7. The first kappa shape index (κ1) is 15.2. The fraction of sp³-hybridized carbons (Fsp3) is 0.118. The summed E-state index contributed by atoms with van der Waals surface area (Å²) in [5.74, 6) is 0. The van der Waals surface area contributed by atoms with Gasteiger partial charge in [-0.05, 0) is 30.3 Å². The van der Waals surface area contributed by atoms with Crippen molar-refractivity contribution in [1.82, 2.24) is 9.55 Å². The van der Waals surface area contributed by atoms with E-state index in [9.17, 15) is 9.59 Å². The predicted octanol–water partition coefficient (Wildman–Crippen LogP) is 2.92. The number of benzene rings is 1. The number of nitrogens with zero attached hydrogens (tertiary/aromatic N) is 3. The number of aromatic nitrogens is 2. The summed E-state index contributed by atoms with van der Waals surface area (Å²) in [6, 6.07) is 10.5. The van der Waals surface area contributed by atoms with Gasteiger partial charge in [0.2, 0.25) is 0 Å². The fourth-order valence-corrected chi connectivity index (χ4v) is 2.85. The predicted molar refractivity (Wildman–Crippen MR) is 92.1 cm³/mol. The smallest absolute Gasteiger partial charge is 0.269 e. The molecule has 6 heteroatoms. The average Bonchev–Trinajstić information content (AvgIpc) is 2.53. The zero-order valence-electron chi connectivity index (χ0n) is 12.7. The van der Waals surface area contributed by atoms with Crippen molar-refractivity contribution in [2.75, 3.05) is 19.0 Å². The molecule has 3 aromatic rings. The first-order valence-corrected chi connectivity index (χ1v) is 7.34. The van der Waals surface area contributed by atoms with E-state index >= 15 is 0 Å². The van der Waals surface area contributed by atoms with Crippen molar-refractivity contribution < 1.29 is 4.79 Å². The van der Waals surface area contributed by atoms with Crippen molar-refractivity contribution in [3.63, 3.8) is 0 Å². The summed E-state index contributed by atoms with van der Waals surface area (Å²) in [5.41, 5.74) is 1.28. The first-order chi connectivity index (χ1) is 11.0. The number of halogens is 1. The van der Waals surface area contributed by atoms with Gasteiger partial charge < -0.3 is 4.90 Å². The number of hydrogen-bond donors (Lipinski definition) is 0. The van der Waals surface area contributed by atoms with Gasteiger partial charge >= 0.3 is 0 Å². The Morgan fingerprint density at radius 3 is 2.65 bits per heavy atom. The molecule has 0 aliphatic heterocycles. The van der Waals surface area contributed by atoms with E-state index < -0.39 is 5.56 Å². The Bertz CT molecular complexity index is 964. The van der Waals surface area contributed by atoms with Gasteiger partial charge in [0, 0.05) is 30.7 Å². The maximum absolute atomic E-state index is 12.9. The minimum Gasteiger partial charge on any atom is -0.376 e. The van der Waals surface area contributed by atoms with Crippen LogP contribution < -0.4 is 10.5 Å². The van der Waals surface area contributed by atoms with Crippen molar-refractivity contribution in [1.29, 1.82) is 0 Å². The van der Waals surface area contributed by atoms with Crippen LogP contribution in [0.25, 0.3) is 16.7 Å². The second kappa shape index (κ2) is 5.85. The molecule has 1 aromatic carbocycles. The number of pyridine rings is 2. The average molecular weight is 328 g/mol. The molecule has 0 fully saturated rings. The van der Waals surface area contributed by atoms with Crippen LogP contribution in [0.4, 0.5) is 5.69 Å². The van der Waals surface area contributed by atoms with Crippen LogP contribution in [0.2, 0.25) is 5.02 Å². The molecule has 5 nitrogen and oxygen atoms in total. The van der Waals surface area contributed by atoms with Crippen molar-refractivity contribution in [3.8, 4) is 5.69 Å². The number of aldehydes is 1. The highest BCUT2D eigenvalue weighted by molar-refractivity contribution is 6.30. The molecule has 0 amide bonds. The highest BCUT2D eigenvalue weighted by Crippen LogP contribution is 2.27. The van der Waals surface area contributed by atoms with Crippen molar-refractivity contribution in [3.05, 3.63) is 63.5 Å². The lowest BCUT2D eigenvalue weighted by Gasteiger charge is -2.20. The molecule has 0 spiro atoms. The van der Waals surface area contributed by atoms with Gasteiger partial charge in [0.05, 0.1) is 11.4 Å². The second-order valence-corrected chi connectivity index (χ2v) is 5.71. The Labute approximate surface area is 137 Å². The molecular formula is C17H14ClN3O2. The third kappa shape index (κ3) is 2.49. The molecule has 0 radical (unpaired) electrons. The lowest BCUT2D eigenvalue weighted by Crippen LogP contribution is -2.27. The first-order valence-electron chi connectivity index (χ1n) is 6.96. The van der Waals surface area contributed by atoms with Gasteiger partial charge in [-0.1, -0.05) is 17.7 Å². The van der Waals surface area contributed by atoms with E-state index in [1.165, 1.54) is 4.57 Å². The molecule has 3 rings (SSSR count). The van der Waals surface area contributed by atoms with Crippen LogP contribution in [-0.2, 0) is 0 Å². The lowest BCUT2D eigenvalue weighted by molar-refractivity contribution is 0.112. The maximum Gasteiger partial charge on any atom is 0.269 e. The topological polar surface area (TPSA) is 55.2 Å². The van der Waals surface area contributed by atoms with Gasteiger partial charge in [-0.3, -0.25) is 14.2 Å². The minimum absolute atomic E-state index is 0.0930. The summed E-state index contributed by atoms with van der Waals surface area (Å²) in [6.07, 6.45) is 2.20. The monoisotopic (exact) mass is 327 g/mol. The molecule has 2 aromatic heterocycles. The third-order valence-electron chi connectivity index (χ3n) is 3.57. The molecule has 0 aliphatic rings. The number of anilines is 1. The second-order valence-electron chi connectivity index (χ2n) is 5.27. The standard InChI is InChI=1S/C17H14ClN3O2/c1-20(2)15-13-7-4-8-19-16(13)21(17(23)14(15)10-22)12-6-3-5-11(18)9-12/h3-10H,1-2H3. The van der Waals surface area contributed by atoms with Gasteiger partial charge in [-0.2, -0.15) is 0 Å². The highest BCUT2D eigenvalue weighted by atomic mass is 35.5. The molecule has 2 heterocycles. The summed E-state index contributed by atoms with van der Waals surface area (Å²) < 4.78 is 1.41. The van der Waals surface area contributed by atoms with Crippen molar-refractivity contribution in [2.45, 2.75) is 0 Å². The minimum atomic E-state index is -0.419. The van der Waals surface area contributed by atoms with E-state index in [1.54, 1.807) is 55.5 Å². The Kier molecular flexibility index (Phi) is 3.88. The lowest BCUT2D eigenvalue weighted by atomic mass is 10.1. The molecule has 0 saturated heterocycles. The van der Waals surface area contributed by atoms with Gasteiger partial charge in [0.25, 0.3) is 5.56 Å². The van der Waals surface area contributed by atoms with E-state index in [0.717, 1.165) is 5.39 Å². The molecule has 116 valence electrons. The molecule has 0 aliphatic carbocycles. The number of carbonyl (C=O) groups is 1. The third-order valence-corrected chi connectivity index (χ3v) is 3.81. The summed E-state index contributed by atoms with van der Waals surface area (Å²) >= 11 is 6.04. The highest BCUT2D eigenvalue weighted by Gasteiger charge is 2.19. The zero-order valence-corrected chi connectivity index (χ0v) is 13.4. The molecule has 0 saturated carbocycles. The molecule has 0 N–H and O–H groups in total. The zero-order chi connectivity index (χ0) is 16.6. The van der Waals surface area contributed by atoms with Gasteiger partial charge in [0.15, 0.2) is 6.29 Å². The van der Waals surface area contributed by atoms with Crippen molar-refractivity contribution in [2.24, 2.45) is 0 Å². The van der Waals surface area contributed by atoms with E-state index in [2.05, 4.69) is 4.98 Å². The number of fused-ring (bicyclic) bond motifs is 1.